The molecule has 8 nitrogen and oxygen atoms in total. The average Bonchev–Trinajstić information content (AvgIpc) is 3.35. The van der Waals surface area contributed by atoms with E-state index in [0.717, 1.165) is 11.3 Å². The highest BCUT2D eigenvalue weighted by Crippen LogP contribution is 2.20. The maximum Gasteiger partial charge on any atom is 0.250 e. The smallest absolute Gasteiger partial charge is 0.250 e. The van der Waals surface area contributed by atoms with Crippen LogP contribution in [0.4, 0.5) is 4.39 Å². The van der Waals surface area contributed by atoms with Gasteiger partial charge in [-0.15, -0.1) is 26.6 Å². The summed E-state index contributed by atoms with van der Waals surface area (Å²) in [5.41, 5.74) is 1.01. The van der Waals surface area contributed by atoms with Crippen molar-refractivity contribution in [2.75, 3.05) is 13.2 Å². The van der Waals surface area contributed by atoms with Crippen molar-refractivity contribution >= 4 is 27.0 Å². The van der Waals surface area contributed by atoms with Gasteiger partial charge in [0.2, 0.25) is 15.9 Å². The lowest BCUT2D eigenvalue weighted by atomic mass is 10.2. The van der Waals surface area contributed by atoms with Crippen LogP contribution in [0.2, 0.25) is 0 Å². The molecular formula is C17H14FN5O3S2. The molecule has 144 valence electrons. The summed E-state index contributed by atoms with van der Waals surface area (Å²) in [6, 6.07) is 12.4. The Morgan fingerprint density at radius 1 is 1.14 bits per heavy atom. The number of thiophene rings is 1. The molecule has 11 heteroatoms. The van der Waals surface area contributed by atoms with Crippen LogP contribution in [-0.4, -0.2) is 41.4 Å². The molecule has 0 atom stereocenters. The van der Waals surface area contributed by atoms with Gasteiger partial charge in [0.05, 0.1) is 0 Å². The first kappa shape index (κ1) is 18.5. The Morgan fingerprint density at radius 2 is 2.04 bits per heavy atom. The lowest BCUT2D eigenvalue weighted by Crippen LogP contribution is -2.27. The molecule has 4 aromatic rings. The Bertz CT molecular complexity index is 1210. The van der Waals surface area contributed by atoms with Gasteiger partial charge < -0.3 is 4.74 Å². The first-order valence-corrected chi connectivity index (χ1v) is 10.5. The van der Waals surface area contributed by atoms with Crippen molar-refractivity contribution in [3.05, 3.63) is 59.7 Å². The number of benzene rings is 1. The highest BCUT2D eigenvalue weighted by Gasteiger charge is 2.14. The second kappa shape index (κ2) is 7.62. The predicted octanol–water partition coefficient (Wildman–Crippen LogP) is 2.35. The van der Waals surface area contributed by atoms with Gasteiger partial charge in [0, 0.05) is 18.2 Å². The number of nitrogens with zero attached hydrogens (tertiary/aromatic N) is 4. The quantitative estimate of drug-likeness (QED) is 0.462. The molecule has 0 fully saturated rings. The van der Waals surface area contributed by atoms with Gasteiger partial charge in [0.25, 0.3) is 0 Å². The van der Waals surface area contributed by atoms with Crippen LogP contribution in [0.25, 0.3) is 17.0 Å². The van der Waals surface area contributed by atoms with Crippen molar-refractivity contribution in [1.29, 1.82) is 0 Å². The topological polar surface area (TPSA) is 98.5 Å². The second-order valence-electron chi connectivity index (χ2n) is 5.65. The number of halogens is 1. The minimum absolute atomic E-state index is 0.0822. The fraction of sp³-hybridized carbons (Fsp3) is 0.118. The lowest BCUT2D eigenvalue weighted by molar-refractivity contribution is 0.306. The number of fused-ring (bicyclic) bond motifs is 1. The van der Waals surface area contributed by atoms with E-state index in [1.807, 2.05) is 0 Å². The second-order valence-corrected chi connectivity index (χ2v) is 8.60. The third-order valence-electron chi connectivity index (χ3n) is 3.73. The Hall–Kier alpha value is -2.89. The summed E-state index contributed by atoms with van der Waals surface area (Å²) in [6.07, 6.45) is 0. The third-order valence-corrected chi connectivity index (χ3v) is 6.58. The molecule has 0 bridgehead atoms. The summed E-state index contributed by atoms with van der Waals surface area (Å²) in [6.45, 7) is 0.166. The number of ether oxygens (including phenoxy) is 1. The summed E-state index contributed by atoms with van der Waals surface area (Å²) in [5.74, 6) is 0.248. The van der Waals surface area contributed by atoms with Crippen molar-refractivity contribution in [1.82, 2.24) is 24.5 Å². The number of nitrogens with one attached hydrogen (secondary N) is 1. The Morgan fingerprint density at radius 3 is 2.82 bits per heavy atom. The zero-order valence-electron chi connectivity index (χ0n) is 14.3. The number of hydrogen-bond donors (Lipinski definition) is 1. The highest BCUT2D eigenvalue weighted by molar-refractivity contribution is 7.91. The van der Waals surface area contributed by atoms with Crippen LogP contribution in [-0.2, 0) is 10.0 Å². The Balaban J connectivity index is 1.46. The van der Waals surface area contributed by atoms with E-state index in [9.17, 15) is 12.8 Å². The van der Waals surface area contributed by atoms with E-state index in [4.69, 9.17) is 4.74 Å². The van der Waals surface area contributed by atoms with Gasteiger partial charge in [0.1, 0.15) is 16.6 Å². The van der Waals surface area contributed by atoms with Gasteiger partial charge >= 0.3 is 0 Å². The van der Waals surface area contributed by atoms with Gasteiger partial charge in [-0.05, 0) is 29.6 Å². The summed E-state index contributed by atoms with van der Waals surface area (Å²) in [5, 5.41) is 14.0. The number of hydrogen-bond acceptors (Lipinski definition) is 7. The number of rotatable bonds is 7. The van der Waals surface area contributed by atoms with Gasteiger partial charge in [-0.2, -0.15) is 4.52 Å². The highest BCUT2D eigenvalue weighted by atomic mass is 32.2. The summed E-state index contributed by atoms with van der Waals surface area (Å²) in [7, 11) is -3.54. The average molecular weight is 419 g/mol. The van der Waals surface area contributed by atoms with E-state index in [0.29, 0.717) is 17.0 Å². The van der Waals surface area contributed by atoms with Crippen LogP contribution < -0.4 is 9.46 Å². The van der Waals surface area contributed by atoms with Crippen molar-refractivity contribution in [2.45, 2.75) is 4.21 Å². The Labute approximate surface area is 163 Å². The Kier molecular flexibility index (Phi) is 5.03. The molecule has 0 aliphatic rings. The fourth-order valence-corrected chi connectivity index (χ4v) is 4.53. The maximum absolute atomic E-state index is 13.5. The molecule has 1 aromatic carbocycles. The molecule has 3 aromatic heterocycles. The van der Waals surface area contributed by atoms with E-state index >= 15 is 0 Å². The van der Waals surface area contributed by atoms with Crippen LogP contribution in [0.5, 0.6) is 5.88 Å². The number of sulfonamides is 1. The van der Waals surface area contributed by atoms with Crippen LogP contribution >= 0.6 is 11.3 Å². The first-order chi connectivity index (χ1) is 13.5. The van der Waals surface area contributed by atoms with Gasteiger partial charge in [-0.1, -0.05) is 18.2 Å². The van der Waals surface area contributed by atoms with E-state index in [2.05, 4.69) is 20.0 Å². The summed E-state index contributed by atoms with van der Waals surface area (Å²) >= 11 is 1.14. The molecule has 4 rings (SSSR count). The minimum atomic E-state index is -3.54. The third kappa shape index (κ3) is 3.86. The van der Waals surface area contributed by atoms with Gasteiger partial charge in [0.15, 0.2) is 11.5 Å². The fourth-order valence-electron chi connectivity index (χ4n) is 2.48. The molecule has 0 radical (unpaired) electrons. The standard InChI is InChI=1S/C17H14FN5O3S2/c18-13-4-1-3-12(11-13)17-21-20-14-6-7-15(22-23(14)17)26-9-8-19-28(24,25)16-5-2-10-27-16/h1-7,10-11,19H,8-9H2. The summed E-state index contributed by atoms with van der Waals surface area (Å²) < 4.78 is 47.3. The zero-order valence-corrected chi connectivity index (χ0v) is 16.0. The molecule has 28 heavy (non-hydrogen) atoms. The molecule has 1 N–H and O–H groups in total. The maximum atomic E-state index is 13.5. The van der Waals surface area contributed by atoms with Crippen molar-refractivity contribution < 1.29 is 17.5 Å². The number of aromatic nitrogens is 4. The van der Waals surface area contributed by atoms with Gasteiger partial charge in [-0.25, -0.2) is 17.5 Å². The minimum Gasteiger partial charge on any atom is -0.475 e. The molecule has 0 spiro atoms. The van der Waals surface area contributed by atoms with E-state index in [1.54, 1.807) is 35.7 Å². The SMILES string of the molecule is O=S(=O)(NCCOc1ccc2nnc(-c3cccc(F)c3)n2n1)c1cccs1. The largest absolute Gasteiger partial charge is 0.475 e. The zero-order chi connectivity index (χ0) is 19.6. The van der Waals surface area contributed by atoms with Crippen LogP contribution in [0.3, 0.4) is 0 Å². The normalized spacial score (nSPS) is 11.8. The van der Waals surface area contributed by atoms with Gasteiger partial charge in [-0.3, -0.25) is 0 Å². The van der Waals surface area contributed by atoms with E-state index < -0.39 is 10.0 Å². The molecule has 0 aliphatic carbocycles. The molecule has 0 amide bonds. The predicted molar refractivity (Wildman–Crippen MR) is 101 cm³/mol. The molecular weight excluding hydrogens is 405 g/mol. The van der Waals surface area contributed by atoms with Crippen molar-refractivity contribution in [2.24, 2.45) is 0 Å². The van der Waals surface area contributed by atoms with Crippen LogP contribution in [0, 0.1) is 5.82 Å². The van der Waals surface area contributed by atoms with Crippen LogP contribution in [0.1, 0.15) is 0 Å². The molecule has 0 aliphatic heterocycles. The lowest BCUT2D eigenvalue weighted by Gasteiger charge is -2.07. The molecule has 0 saturated carbocycles. The summed E-state index contributed by atoms with van der Waals surface area (Å²) in [4.78, 5) is 0. The van der Waals surface area contributed by atoms with E-state index in [-0.39, 0.29) is 29.1 Å². The van der Waals surface area contributed by atoms with E-state index in [1.165, 1.54) is 22.7 Å². The molecule has 3 heterocycles. The van der Waals surface area contributed by atoms with Crippen molar-refractivity contribution in [3.63, 3.8) is 0 Å². The van der Waals surface area contributed by atoms with Crippen molar-refractivity contribution in [3.8, 4) is 17.3 Å². The molecule has 0 unspecified atom stereocenters. The monoisotopic (exact) mass is 419 g/mol. The van der Waals surface area contributed by atoms with Crippen LogP contribution in [0.15, 0.2) is 58.1 Å². The molecule has 0 saturated heterocycles. The first-order valence-electron chi connectivity index (χ1n) is 8.17.